The molecule has 0 radical (unpaired) electrons. The fraction of sp³-hybridized carbons (Fsp3) is 0. The van der Waals surface area contributed by atoms with Crippen molar-refractivity contribution in [2.24, 2.45) is 0 Å². The maximum Gasteiger partial charge on any atom is 0.227 e. The van der Waals surface area contributed by atoms with Crippen LogP contribution in [0.5, 0.6) is 0 Å². The Labute approximate surface area is 243 Å². The third kappa shape index (κ3) is 4.11. The van der Waals surface area contributed by atoms with Crippen molar-refractivity contribution in [2.45, 2.75) is 0 Å². The Morgan fingerprint density at radius 2 is 1.07 bits per heavy atom. The van der Waals surface area contributed by atoms with Gasteiger partial charge in [-0.1, -0.05) is 115 Å². The van der Waals surface area contributed by atoms with Gasteiger partial charge in [-0.3, -0.25) is 0 Å². The minimum atomic E-state index is 0.627. The van der Waals surface area contributed by atoms with Crippen LogP contribution in [0.3, 0.4) is 0 Å². The molecule has 0 saturated carbocycles. The molecule has 3 heteroatoms. The summed E-state index contributed by atoms with van der Waals surface area (Å²) in [5.74, 6) is 0.627. The van der Waals surface area contributed by atoms with Crippen LogP contribution in [-0.2, 0) is 0 Å². The maximum atomic E-state index is 6.48. The van der Waals surface area contributed by atoms with Gasteiger partial charge in [0.15, 0.2) is 5.58 Å². The molecular formula is C39H26N2O. The third-order valence-electron chi connectivity index (χ3n) is 7.90. The summed E-state index contributed by atoms with van der Waals surface area (Å²) in [5, 5.41) is 4.43. The summed E-state index contributed by atoms with van der Waals surface area (Å²) in [6.07, 6.45) is 0. The van der Waals surface area contributed by atoms with Crippen LogP contribution >= 0.6 is 0 Å². The third-order valence-corrected chi connectivity index (χ3v) is 7.90. The predicted octanol–water partition coefficient (Wildman–Crippen LogP) is 10.9. The minimum Gasteiger partial charge on any atom is -0.435 e. The molecule has 0 bridgehead atoms. The highest BCUT2D eigenvalue weighted by Gasteiger charge is 2.19. The summed E-state index contributed by atoms with van der Waals surface area (Å²) in [4.78, 5) is 7.25. The second kappa shape index (κ2) is 10.1. The maximum absolute atomic E-state index is 6.48. The molecule has 0 aliphatic heterocycles. The number of benzene rings is 7. The van der Waals surface area contributed by atoms with Crippen LogP contribution in [0.25, 0.3) is 55.2 Å². The van der Waals surface area contributed by atoms with Crippen molar-refractivity contribution in [1.29, 1.82) is 0 Å². The van der Waals surface area contributed by atoms with E-state index in [9.17, 15) is 0 Å². The van der Waals surface area contributed by atoms with Crippen molar-refractivity contribution >= 4 is 49.7 Å². The van der Waals surface area contributed by atoms with Crippen molar-refractivity contribution < 1.29 is 4.42 Å². The van der Waals surface area contributed by atoms with Crippen LogP contribution in [0.15, 0.2) is 162 Å². The van der Waals surface area contributed by atoms with E-state index >= 15 is 0 Å². The van der Waals surface area contributed by atoms with E-state index in [2.05, 4.69) is 138 Å². The molecule has 0 aliphatic carbocycles. The van der Waals surface area contributed by atoms with Gasteiger partial charge in [-0.2, -0.15) is 0 Å². The van der Waals surface area contributed by atoms with Gasteiger partial charge in [-0.05, 0) is 64.4 Å². The first kappa shape index (κ1) is 24.2. The summed E-state index contributed by atoms with van der Waals surface area (Å²) in [6, 6.07) is 55.1. The van der Waals surface area contributed by atoms with Gasteiger partial charge in [0.2, 0.25) is 5.89 Å². The highest BCUT2D eigenvalue weighted by molar-refractivity contribution is 6.07. The van der Waals surface area contributed by atoms with Gasteiger partial charge in [0.25, 0.3) is 0 Å². The van der Waals surface area contributed by atoms with E-state index in [1.807, 2.05) is 24.3 Å². The fourth-order valence-electron chi connectivity index (χ4n) is 5.87. The number of para-hydroxylation sites is 1. The lowest BCUT2D eigenvalue weighted by Crippen LogP contribution is -2.10. The molecule has 0 aliphatic rings. The first-order valence-corrected chi connectivity index (χ1v) is 14.1. The molecule has 0 fully saturated rings. The molecule has 1 aromatic heterocycles. The quantitative estimate of drug-likeness (QED) is 0.218. The molecule has 0 spiro atoms. The fourth-order valence-corrected chi connectivity index (χ4v) is 5.87. The molecule has 42 heavy (non-hydrogen) atoms. The highest BCUT2D eigenvalue weighted by atomic mass is 16.3. The Balaban J connectivity index is 1.29. The van der Waals surface area contributed by atoms with Gasteiger partial charge in [0, 0.05) is 27.7 Å². The molecular weight excluding hydrogens is 512 g/mol. The van der Waals surface area contributed by atoms with Gasteiger partial charge >= 0.3 is 0 Å². The number of hydrogen-bond donors (Lipinski definition) is 0. The number of oxazole rings is 1. The number of nitrogens with zero attached hydrogens (tertiary/aromatic N) is 2. The van der Waals surface area contributed by atoms with E-state index in [1.165, 1.54) is 11.1 Å². The number of hydrogen-bond acceptors (Lipinski definition) is 3. The number of anilines is 3. The van der Waals surface area contributed by atoms with Crippen molar-refractivity contribution in [2.75, 3.05) is 4.90 Å². The normalized spacial score (nSPS) is 11.3. The van der Waals surface area contributed by atoms with E-state index in [0.717, 1.165) is 55.3 Å². The van der Waals surface area contributed by atoms with Crippen molar-refractivity contribution in [3.63, 3.8) is 0 Å². The lowest BCUT2D eigenvalue weighted by Gasteiger charge is -2.27. The summed E-state index contributed by atoms with van der Waals surface area (Å²) >= 11 is 0. The molecule has 0 saturated heterocycles. The zero-order valence-corrected chi connectivity index (χ0v) is 22.8. The zero-order chi connectivity index (χ0) is 27.9. The SMILES string of the molecule is c1ccc(-c2ccc(N(c3ccccc3)c3ccc(-c4nc5ccc6ccccc6c5o4)c4ccccc34)cc2)cc1. The first-order chi connectivity index (χ1) is 20.8. The Bertz CT molecular complexity index is 2180. The Kier molecular flexibility index (Phi) is 5.79. The largest absolute Gasteiger partial charge is 0.435 e. The molecule has 0 atom stereocenters. The molecule has 1 heterocycles. The molecule has 8 aromatic rings. The van der Waals surface area contributed by atoms with Gasteiger partial charge in [0.05, 0.1) is 5.69 Å². The zero-order valence-electron chi connectivity index (χ0n) is 22.8. The Morgan fingerprint density at radius 3 is 1.86 bits per heavy atom. The van der Waals surface area contributed by atoms with Crippen molar-refractivity contribution in [1.82, 2.24) is 4.98 Å². The lowest BCUT2D eigenvalue weighted by atomic mass is 10.0. The molecule has 7 aromatic carbocycles. The van der Waals surface area contributed by atoms with Crippen molar-refractivity contribution in [3.8, 4) is 22.6 Å². The Morgan fingerprint density at radius 1 is 0.452 bits per heavy atom. The van der Waals surface area contributed by atoms with Gasteiger partial charge in [0.1, 0.15) is 5.52 Å². The predicted molar refractivity (Wildman–Crippen MR) is 175 cm³/mol. The highest BCUT2D eigenvalue weighted by Crippen LogP contribution is 2.42. The molecule has 0 N–H and O–H groups in total. The number of rotatable bonds is 5. The van der Waals surface area contributed by atoms with Crippen LogP contribution in [0.1, 0.15) is 0 Å². The summed E-state index contributed by atoms with van der Waals surface area (Å²) in [6.45, 7) is 0. The van der Waals surface area contributed by atoms with Gasteiger partial charge in [-0.25, -0.2) is 4.98 Å². The van der Waals surface area contributed by atoms with Gasteiger partial charge in [-0.15, -0.1) is 0 Å². The summed E-state index contributed by atoms with van der Waals surface area (Å²) < 4.78 is 6.48. The monoisotopic (exact) mass is 538 g/mol. The molecule has 0 amide bonds. The van der Waals surface area contributed by atoms with E-state index < -0.39 is 0 Å². The van der Waals surface area contributed by atoms with Crippen LogP contribution in [-0.4, -0.2) is 4.98 Å². The van der Waals surface area contributed by atoms with Crippen LogP contribution in [0, 0.1) is 0 Å². The second-order valence-electron chi connectivity index (χ2n) is 10.4. The number of fused-ring (bicyclic) bond motifs is 4. The minimum absolute atomic E-state index is 0.627. The summed E-state index contributed by atoms with van der Waals surface area (Å²) in [7, 11) is 0. The number of aromatic nitrogens is 1. The van der Waals surface area contributed by atoms with E-state index in [0.29, 0.717) is 5.89 Å². The van der Waals surface area contributed by atoms with Crippen LogP contribution in [0.2, 0.25) is 0 Å². The van der Waals surface area contributed by atoms with Crippen LogP contribution < -0.4 is 4.90 Å². The molecule has 198 valence electrons. The van der Waals surface area contributed by atoms with Crippen LogP contribution in [0.4, 0.5) is 17.1 Å². The molecule has 8 rings (SSSR count). The summed E-state index contributed by atoms with van der Waals surface area (Å²) in [5.41, 5.74) is 8.33. The van der Waals surface area contributed by atoms with Gasteiger partial charge < -0.3 is 9.32 Å². The smallest absolute Gasteiger partial charge is 0.227 e. The van der Waals surface area contributed by atoms with E-state index in [4.69, 9.17) is 9.40 Å². The Hall–Kier alpha value is -5.67. The lowest BCUT2D eigenvalue weighted by molar-refractivity contribution is 0.624. The van der Waals surface area contributed by atoms with E-state index in [1.54, 1.807) is 0 Å². The second-order valence-corrected chi connectivity index (χ2v) is 10.4. The average molecular weight is 539 g/mol. The average Bonchev–Trinajstić information content (AvgIpc) is 3.51. The standard InChI is InChI=1S/C39H26N2O/c1-3-11-27(12-4-1)28-19-22-31(23-20-28)41(30-14-5-2-6-15-30)37-26-24-35(33-17-9-10-18-34(33)37)39-40-36-25-21-29-13-7-8-16-32(29)38(36)42-39/h1-26H. The topological polar surface area (TPSA) is 29.3 Å². The van der Waals surface area contributed by atoms with E-state index in [-0.39, 0.29) is 0 Å². The van der Waals surface area contributed by atoms with Crippen molar-refractivity contribution in [3.05, 3.63) is 158 Å². The first-order valence-electron chi connectivity index (χ1n) is 14.1. The molecule has 0 unspecified atom stereocenters. The molecule has 3 nitrogen and oxygen atoms in total.